The summed E-state index contributed by atoms with van der Waals surface area (Å²) in [5.41, 5.74) is 5.33. The Hall–Kier alpha value is -1.89. The molecule has 0 saturated carbocycles. The molecule has 0 amide bonds. The van der Waals surface area contributed by atoms with Crippen LogP contribution in [0.15, 0.2) is 29.3 Å². The van der Waals surface area contributed by atoms with Gasteiger partial charge < -0.3 is 0 Å². The van der Waals surface area contributed by atoms with Crippen LogP contribution in [0.2, 0.25) is 10.0 Å². The van der Waals surface area contributed by atoms with Crippen LogP contribution in [0.5, 0.6) is 0 Å². The van der Waals surface area contributed by atoms with E-state index in [4.69, 9.17) is 28.2 Å². The zero-order chi connectivity index (χ0) is 19.5. The van der Waals surface area contributed by atoms with Crippen molar-refractivity contribution < 1.29 is 0 Å². The van der Waals surface area contributed by atoms with E-state index in [-0.39, 0.29) is 0 Å². The lowest BCUT2D eigenvalue weighted by Gasteiger charge is -2.26. The van der Waals surface area contributed by atoms with Gasteiger partial charge in [-0.2, -0.15) is 0 Å². The van der Waals surface area contributed by atoms with Crippen molar-refractivity contribution in [1.82, 2.24) is 20.3 Å². The van der Waals surface area contributed by atoms with Crippen molar-refractivity contribution >= 4 is 40.5 Å². The summed E-state index contributed by atoms with van der Waals surface area (Å²) in [7, 11) is 0. The third-order valence-electron chi connectivity index (χ3n) is 5.01. The quantitative estimate of drug-likeness (QED) is 0.790. The molecule has 2 fully saturated rings. The van der Waals surface area contributed by atoms with Crippen LogP contribution >= 0.6 is 23.2 Å². The fourth-order valence-electron chi connectivity index (χ4n) is 3.65. The van der Waals surface area contributed by atoms with Crippen molar-refractivity contribution in [3.8, 4) is 0 Å². The second-order valence-corrected chi connectivity index (χ2v) is 8.09. The number of nitrogens with zero attached hydrogens (tertiary/aromatic N) is 5. The number of anilines is 1. The van der Waals surface area contributed by atoms with Crippen LogP contribution in [0.25, 0.3) is 0 Å². The van der Waals surface area contributed by atoms with E-state index in [1.807, 2.05) is 30.1 Å². The Kier molecular flexibility index (Phi) is 5.99. The molecule has 2 aromatic rings. The maximum absolute atomic E-state index is 6.14. The molecule has 1 aromatic carbocycles. The molecule has 0 radical (unpaired) electrons. The summed E-state index contributed by atoms with van der Waals surface area (Å²) in [6.07, 6.45) is 4.69. The Morgan fingerprint density at radius 1 is 1.04 bits per heavy atom. The number of hydrogen-bond acceptors (Lipinski definition) is 5. The second kappa shape index (κ2) is 8.64. The predicted octanol–water partition coefficient (Wildman–Crippen LogP) is 4.52. The molecular weight excluding hydrogens is 395 g/mol. The molecule has 8 heteroatoms. The van der Waals surface area contributed by atoms with Gasteiger partial charge in [0.05, 0.1) is 21.4 Å². The summed E-state index contributed by atoms with van der Waals surface area (Å²) in [6.45, 7) is 5.89. The molecule has 0 unspecified atom stereocenters. The number of rotatable bonds is 4. The molecule has 2 saturated heterocycles. The molecule has 148 valence electrons. The predicted molar refractivity (Wildman–Crippen MR) is 115 cm³/mol. The number of nitrogens with one attached hydrogen (secondary N) is 1. The summed E-state index contributed by atoms with van der Waals surface area (Å²) in [4.78, 5) is 16.3. The molecule has 0 aliphatic carbocycles. The van der Waals surface area contributed by atoms with Gasteiger partial charge in [-0.15, -0.1) is 0 Å². The molecule has 1 N–H and O–H groups in total. The van der Waals surface area contributed by atoms with E-state index in [1.165, 1.54) is 19.3 Å². The summed E-state index contributed by atoms with van der Waals surface area (Å²) >= 11 is 12.1. The highest BCUT2D eigenvalue weighted by molar-refractivity contribution is 6.42. The van der Waals surface area contributed by atoms with Crippen LogP contribution < -0.4 is 10.4 Å². The first-order valence-electron chi connectivity index (χ1n) is 9.70. The Bertz CT molecular complexity index is 879. The fraction of sp³-hybridized carbons (Fsp3) is 0.450. The van der Waals surface area contributed by atoms with Gasteiger partial charge in [-0.1, -0.05) is 29.6 Å². The van der Waals surface area contributed by atoms with Gasteiger partial charge in [-0.05, 0) is 51.1 Å². The van der Waals surface area contributed by atoms with Crippen molar-refractivity contribution in [2.45, 2.75) is 39.2 Å². The van der Waals surface area contributed by atoms with Crippen molar-refractivity contribution in [1.29, 1.82) is 0 Å². The molecule has 0 atom stereocenters. The van der Waals surface area contributed by atoms with Crippen LogP contribution in [-0.2, 0) is 6.54 Å². The molecule has 0 bridgehead atoms. The third-order valence-corrected chi connectivity index (χ3v) is 5.75. The smallest absolute Gasteiger partial charge is 0.157 e. The maximum atomic E-state index is 6.14. The van der Waals surface area contributed by atoms with Gasteiger partial charge in [0.2, 0.25) is 0 Å². The Morgan fingerprint density at radius 3 is 2.64 bits per heavy atom. The number of hydrogen-bond donors (Lipinski definition) is 1. The Morgan fingerprint density at radius 2 is 1.86 bits per heavy atom. The standard InChI is InChI=1S/C20H24Cl2N6/c1-14-23-15(13-27-8-3-2-4-9-27)11-20(24-14)25-19-7-10-28(26-19)16-5-6-17(21)18(22)12-16/h5-6,11-12H,2-4,7-10,13H2,1H3,(H,23,24,25,26). The maximum Gasteiger partial charge on any atom is 0.157 e. The molecular formula is C20H24Cl2N6. The molecule has 3 heterocycles. The molecule has 2 aliphatic rings. The first-order chi connectivity index (χ1) is 13.6. The Labute approximate surface area is 175 Å². The largest absolute Gasteiger partial charge is 0.298 e. The molecule has 6 nitrogen and oxygen atoms in total. The van der Waals surface area contributed by atoms with Gasteiger partial charge in [-0.25, -0.2) is 15.0 Å². The van der Waals surface area contributed by atoms with Gasteiger partial charge in [-0.3, -0.25) is 15.3 Å². The van der Waals surface area contributed by atoms with E-state index in [9.17, 15) is 0 Å². The minimum atomic E-state index is 0.542. The number of halogens is 2. The van der Waals surface area contributed by atoms with Crippen LogP contribution in [0, 0.1) is 6.92 Å². The fourth-order valence-corrected chi connectivity index (χ4v) is 3.94. The summed E-state index contributed by atoms with van der Waals surface area (Å²) in [6, 6.07) is 7.59. The molecule has 4 rings (SSSR count). The SMILES string of the molecule is Cc1nc(CN2CCCCC2)cc(N=C2CCN(c3ccc(Cl)c(Cl)c3)N2)n1. The lowest BCUT2D eigenvalue weighted by atomic mass is 10.1. The van der Waals surface area contributed by atoms with Crippen molar-refractivity contribution in [2.24, 2.45) is 4.99 Å². The van der Waals surface area contributed by atoms with E-state index in [2.05, 4.69) is 20.3 Å². The van der Waals surface area contributed by atoms with E-state index in [0.717, 1.165) is 55.6 Å². The normalized spacial score (nSPS) is 19.2. The number of aliphatic imine (C=N–C) groups is 1. The zero-order valence-corrected chi connectivity index (χ0v) is 17.5. The molecule has 28 heavy (non-hydrogen) atoms. The second-order valence-electron chi connectivity index (χ2n) is 7.27. The van der Waals surface area contributed by atoms with Crippen LogP contribution in [-0.4, -0.2) is 40.3 Å². The number of aryl methyl sites for hydroxylation is 1. The van der Waals surface area contributed by atoms with E-state index >= 15 is 0 Å². The van der Waals surface area contributed by atoms with Crippen molar-refractivity contribution in [2.75, 3.05) is 24.6 Å². The van der Waals surface area contributed by atoms with Crippen molar-refractivity contribution in [3.63, 3.8) is 0 Å². The highest BCUT2D eigenvalue weighted by Crippen LogP contribution is 2.28. The highest BCUT2D eigenvalue weighted by Gasteiger charge is 2.19. The van der Waals surface area contributed by atoms with E-state index in [0.29, 0.717) is 15.9 Å². The zero-order valence-electron chi connectivity index (χ0n) is 16.0. The summed E-state index contributed by atoms with van der Waals surface area (Å²) in [5.74, 6) is 2.35. The minimum absolute atomic E-state index is 0.542. The third kappa shape index (κ3) is 4.74. The number of piperidine rings is 1. The van der Waals surface area contributed by atoms with E-state index < -0.39 is 0 Å². The number of aromatic nitrogens is 2. The Balaban J connectivity index is 1.47. The average molecular weight is 419 g/mol. The van der Waals surface area contributed by atoms with Crippen LogP contribution in [0.3, 0.4) is 0 Å². The van der Waals surface area contributed by atoms with Crippen LogP contribution in [0.1, 0.15) is 37.2 Å². The van der Waals surface area contributed by atoms with Crippen molar-refractivity contribution in [3.05, 3.63) is 45.8 Å². The molecule has 1 aromatic heterocycles. The monoisotopic (exact) mass is 418 g/mol. The topological polar surface area (TPSA) is 56.7 Å². The molecule has 0 spiro atoms. The summed E-state index contributed by atoms with van der Waals surface area (Å²) in [5, 5.41) is 3.11. The number of amidine groups is 1. The van der Waals surface area contributed by atoms with Gasteiger partial charge in [0.25, 0.3) is 0 Å². The highest BCUT2D eigenvalue weighted by atomic mass is 35.5. The van der Waals surface area contributed by atoms with E-state index in [1.54, 1.807) is 6.07 Å². The first-order valence-corrected chi connectivity index (χ1v) is 10.5. The summed E-state index contributed by atoms with van der Waals surface area (Å²) < 4.78 is 0. The molecule has 2 aliphatic heterocycles. The lowest BCUT2D eigenvalue weighted by Crippen LogP contribution is -2.33. The number of hydrazine groups is 1. The average Bonchev–Trinajstić information content (AvgIpc) is 3.13. The van der Waals surface area contributed by atoms with Gasteiger partial charge in [0, 0.05) is 25.6 Å². The van der Waals surface area contributed by atoms with Gasteiger partial charge >= 0.3 is 0 Å². The lowest BCUT2D eigenvalue weighted by molar-refractivity contribution is 0.218. The number of benzene rings is 1. The van der Waals surface area contributed by atoms with Gasteiger partial charge in [0.1, 0.15) is 11.7 Å². The minimum Gasteiger partial charge on any atom is -0.298 e. The number of likely N-dealkylation sites (tertiary alicyclic amines) is 1. The van der Waals surface area contributed by atoms with Gasteiger partial charge in [0.15, 0.2) is 5.82 Å². The van der Waals surface area contributed by atoms with Crippen LogP contribution in [0.4, 0.5) is 11.5 Å². The first kappa shape index (κ1) is 19.4.